The first-order chi connectivity index (χ1) is 13.9. The van der Waals surface area contributed by atoms with Crippen molar-refractivity contribution < 1.29 is 14.3 Å². The van der Waals surface area contributed by atoms with Crippen LogP contribution in [0.1, 0.15) is 106 Å². The zero-order valence-corrected chi connectivity index (χ0v) is 20.3. The van der Waals surface area contributed by atoms with Crippen LogP contribution >= 0.6 is 0 Å². The van der Waals surface area contributed by atoms with E-state index in [4.69, 9.17) is 4.74 Å². The van der Waals surface area contributed by atoms with Gasteiger partial charge in [0, 0.05) is 11.5 Å². The summed E-state index contributed by atoms with van der Waals surface area (Å²) >= 11 is 0. The van der Waals surface area contributed by atoms with Crippen LogP contribution in [0.3, 0.4) is 0 Å². The zero-order valence-electron chi connectivity index (χ0n) is 20.3. The van der Waals surface area contributed by atoms with Gasteiger partial charge in [-0.1, -0.05) is 46.5 Å². The smallest absolute Gasteiger partial charge is 0.175 e. The molecule has 5 aliphatic rings. The van der Waals surface area contributed by atoms with Gasteiger partial charge in [-0.25, -0.2) is 0 Å². The zero-order chi connectivity index (χ0) is 22.1. The van der Waals surface area contributed by atoms with Gasteiger partial charge in [-0.05, 0) is 77.0 Å². The summed E-state index contributed by atoms with van der Waals surface area (Å²) in [6, 6.07) is 0. The molecule has 0 radical (unpaired) electrons. The summed E-state index contributed by atoms with van der Waals surface area (Å²) in [5.41, 5.74) is -0.704. The number of unbranched alkanes of at least 4 members (excludes halogenated alkanes) is 3. The van der Waals surface area contributed by atoms with Crippen molar-refractivity contribution in [3.8, 4) is 0 Å². The topological polar surface area (TPSA) is 43.4 Å². The standard InChI is InChI=1S/C27H42O3/c1-8-9-10-11-12-17-16-27(14-13-18-15-19(27)24(18,2)3)30-22-20(17)21(28)25(4,5)23(29)26(22,6)7/h17-19H,8-16H2,1-7H3/t17-,18-,19-,27-/m1/s1. The maximum Gasteiger partial charge on any atom is 0.175 e. The molecule has 30 heavy (non-hydrogen) atoms. The number of carbonyl (C=O) groups excluding carboxylic acids is 2. The highest BCUT2D eigenvalue weighted by Crippen LogP contribution is 2.68. The fraction of sp³-hybridized carbons (Fsp3) is 0.852. The van der Waals surface area contributed by atoms with Gasteiger partial charge in [-0.15, -0.1) is 0 Å². The van der Waals surface area contributed by atoms with Crippen LogP contribution in [0, 0.1) is 34.0 Å². The van der Waals surface area contributed by atoms with Gasteiger partial charge >= 0.3 is 0 Å². The van der Waals surface area contributed by atoms with Crippen LogP contribution in [0.15, 0.2) is 11.3 Å². The summed E-state index contributed by atoms with van der Waals surface area (Å²) in [4.78, 5) is 27.0. The summed E-state index contributed by atoms with van der Waals surface area (Å²) in [6.45, 7) is 14.7. The maximum atomic E-state index is 13.6. The molecule has 4 atom stereocenters. The molecule has 0 aromatic rings. The second kappa shape index (κ2) is 6.94. The molecule has 0 N–H and O–H groups in total. The number of hydrogen-bond donors (Lipinski definition) is 0. The van der Waals surface area contributed by atoms with Crippen molar-refractivity contribution in [1.82, 2.24) is 0 Å². The molecule has 1 heterocycles. The summed E-state index contributed by atoms with van der Waals surface area (Å²) < 4.78 is 6.95. The van der Waals surface area contributed by atoms with E-state index in [2.05, 4.69) is 20.8 Å². The Morgan fingerprint density at radius 3 is 2.27 bits per heavy atom. The van der Waals surface area contributed by atoms with Gasteiger partial charge in [0.15, 0.2) is 11.6 Å². The predicted octanol–water partition coefficient (Wildman–Crippen LogP) is 6.65. The molecule has 3 saturated carbocycles. The van der Waals surface area contributed by atoms with E-state index in [0.717, 1.165) is 42.9 Å². The Hall–Kier alpha value is -1.12. The molecule has 2 bridgehead atoms. The largest absolute Gasteiger partial charge is 0.490 e. The van der Waals surface area contributed by atoms with Crippen LogP contribution < -0.4 is 0 Å². The van der Waals surface area contributed by atoms with E-state index in [1.165, 1.54) is 32.1 Å². The first-order valence-corrected chi connectivity index (χ1v) is 12.4. The fourth-order valence-electron chi connectivity index (χ4n) is 7.50. The van der Waals surface area contributed by atoms with Crippen LogP contribution in [0.5, 0.6) is 0 Å². The fourth-order valence-corrected chi connectivity index (χ4v) is 7.50. The molecule has 3 heteroatoms. The quantitative estimate of drug-likeness (QED) is 0.374. The van der Waals surface area contributed by atoms with Gasteiger partial charge in [0.1, 0.15) is 11.4 Å². The highest BCUT2D eigenvalue weighted by Gasteiger charge is 2.66. The number of ether oxygens (including phenoxy) is 1. The van der Waals surface area contributed by atoms with Crippen molar-refractivity contribution >= 4 is 11.6 Å². The first kappa shape index (κ1) is 22.1. The second-order valence-corrected chi connectivity index (χ2v) is 12.4. The molecule has 0 amide bonds. The minimum Gasteiger partial charge on any atom is -0.490 e. The lowest BCUT2D eigenvalue weighted by molar-refractivity contribution is -0.230. The highest BCUT2D eigenvalue weighted by atomic mass is 16.5. The molecule has 0 saturated heterocycles. The number of Topliss-reactive ketones (excluding diaryl/α,β-unsaturated/α-hetero) is 2. The second-order valence-electron chi connectivity index (χ2n) is 12.4. The van der Waals surface area contributed by atoms with Gasteiger partial charge in [-0.2, -0.15) is 0 Å². The van der Waals surface area contributed by atoms with Crippen molar-refractivity contribution in [2.45, 2.75) is 112 Å². The lowest BCUT2D eigenvalue weighted by Gasteiger charge is -2.67. The third kappa shape index (κ3) is 2.89. The maximum absolute atomic E-state index is 13.6. The normalized spacial score (nSPS) is 38.2. The van der Waals surface area contributed by atoms with Crippen LogP contribution in [0.2, 0.25) is 0 Å². The first-order valence-electron chi connectivity index (χ1n) is 12.4. The molecule has 0 aromatic heterocycles. The number of fused-ring (bicyclic) bond motifs is 1. The van der Waals surface area contributed by atoms with E-state index in [1.54, 1.807) is 0 Å². The average molecular weight is 415 g/mol. The Bertz CT molecular complexity index is 782. The third-order valence-electron chi connectivity index (χ3n) is 9.49. The highest BCUT2D eigenvalue weighted by molar-refractivity contribution is 6.19. The molecule has 3 nitrogen and oxygen atoms in total. The van der Waals surface area contributed by atoms with Crippen molar-refractivity contribution in [3.63, 3.8) is 0 Å². The SMILES string of the molecule is CCCCCC[C@@H]1C[C@@]2(CC[C@@H]3C[C@@H]2C3(C)C)OC2=C1C(=O)C(C)(C)C(=O)C2(C)C. The average Bonchev–Trinajstić information content (AvgIpc) is 2.68. The molecule has 5 rings (SSSR count). The molecular weight excluding hydrogens is 372 g/mol. The Balaban J connectivity index is 1.77. The van der Waals surface area contributed by atoms with Crippen LogP contribution in [-0.4, -0.2) is 17.2 Å². The van der Waals surface area contributed by atoms with Gasteiger partial charge in [0.2, 0.25) is 0 Å². The summed E-state index contributed by atoms with van der Waals surface area (Å²) in [6.07, 6.45) is 10.4. The van der Waals surface area contributed by atoms with E-state index in [9.17, 15) is 9.59 Å². The van der Waals surface area contributed by atoms with E-state index >= 15 is 0 Å². The monoisotopic (exact) mass is 414 g/mol. The summed E-state index contributed by atoms with van der Waals surface area (Å²) in [7, 11) is 0. The minimum atomic E-state index is -0.953. The van der Waals surface area contributed by atoms with Crippen molar-refractivity contribution in [1.29, 1.82) is 0 Å². The van der Waals surface area contributed by atoms with E-state index in [-0.39, 0.29) is 23.1 Å². The van der Waals surface area contributed by atoms with E-state index < -0.39 is 10.8 Å². The van der Waals surface area contributed by atoms with Crippen LogP contribution in [0.4, 0.5) is 0 Å². The molecule has 1 aliphatic heterocycles. The lowest BCUT2D eigenvalue weighted by atomic mass is 9.42. The van der Waals surface area contributed by atoms with Gasteiger partial charge in [-0.3, -0.25) is 9.59 Å². The third-order valence-corrected chi connectivity index (χ3v) is 9.49. The molecule has 0 unspecified atom stereocenters. The molecule has 168 valence electrons. The van der Waals surface area contributed by atoms with E-state index in [0.29, 0.717) is 11.3 Å². The van der Waals surface area contributed by atoms with E-state index in [1.807, 2.05) is 27.7 Å². The van der Waals surface area contributed by atoms with Crippen molar-refractivity contribution in [2.75, 3.05) is 0 Å². The Kier molecular flexibility index (Phi) is 5.11. The Morgan fingerprint density at radius 2 is 1.67 bits per heavy atom. The van der Waals surface area contributed by atoms with Crippen LogP contribution in [0.25, 0.3) is 0 Å². The number of rotatable bonds is 5. The van der Waals surface area contributed by atoms with Gasteiger partial charge in [0.05, 0.1) is 10.8 Å². The Morgan fingerprint density at radius 1 is 0.967 bits per heavy atom. The summed E-state index contributed by atoms with van der Waals surface area (Å²) in [5.74, 6) is 2.35. The molecule has 4 aliphatic carbocycles. The lowest BCUT2D eigenvalue weighted by Crippen LogP contribution is -2.65. The number of ketones is 2. The van der Waals surface area contributed by atoms with Gasteiger partial charge in [0.25, 0.3) is 0 Å². The minimum absolute atomic E-state index is 0.0158. The predicted molar refractivity (Wildman–Crippen MR) is 120 cm³/mol. The Labute approximate surface area is 183 Å². The number of allylic oxidation sites excluding steroid dienone is 2. The number of carbonyl (C=O) groups is 2. The number of hydrogen-bond acceptors (Lipinski definition) is 3. The van der Waals surface area contributed by atoms with Crippen molar-refractivity contribution in [3.05, 3.63) is 11.3 Å². The van der Waals surface area contributed by atoms with Crippen molar-refractivity contribution in [2.24, 2.45) is 34.0 Å². The molecule has 3 fully saturated rings. The molecule has 0 aromatic carbocycles. The molecule has 1 spiro atoms. The van der Waals surface area contributed by atoms with Crippen LogP contribution in [-0.2, 0) is 14.3 Å². The van der Waals surface area contributed by atoms with Gasteiger partial charge < -0.3 is 4.74 Å². The molecular formula is C27H42O3. The summed E-state index contributed by atoms with van der Waals surface area (Å²) in [5, 5.41) is 0.